The molecule has 1 aromatic heterocycles. The molecule has 1 saturated heterocycles. The van der Waals surface area contributed by atoms with E-state index in [9.17, 15) is 13.2 Å². The monoisotopic (exact) mass is 493 g/mol. The maximum Gasteiger partial charge on any atom is 0.259 e. The molecule has 1 N–H and O–H groups in total. The van der Waals surface area contributed by atoms with Crippen LogP contribution in [0.3, 0.4) is 0 Å². The number of aryl methyl sites for hydroxylation is 1. The van der Waals surface area contributed by atoms with E-state index < -0.39 is 15.9 Å². The highest BCUT2D eigenvalue weighted by atomic mass is 35.5. The molecular formula is C21H21Cl2N5O3S. The van der Waals surface area contributed by atoms with Crippen LogP contribution in [0.4, 0.5) is 5.95 Å². The Morgan fingerprint density at radius 3 is 2.56 bits per heavy atom. The number of hydrogen-bond donors (Lipinski definition) is 1. The molecule has 4 rings (SSSR count). The van der Waals surface area contributed by atoms with Crippen molar-refractivity contribution >= 4 is 45.1 Å². The van der Waals surface area contributed by atoms with Crippen molar-refractivity contribution in [3.05, 3.63) is 69.5 Å². The van der Waals surface area contributed by atoms with Gasteiger partial charge in [-0.2, -0.15) is 4.31 Å². The van der Waals surface area contributed by atoms with E-state index in [0.29, 0.717) is 19.6 Å². The minimum Gasteiger partial charge on any atom is -0.289 e. The molecule has 0 saturated carbocycles. The predicted octanol–water partition coefficient (Wildman–Crippen LogP) is 3.98. The molecule has 1 fully saturated rings. The summed E-state index contributed by atoms with van der Waals surface area (Å²) >= 11 is 12.4. The molecule has 0 bridgehead atoms. The molecule has 0 atom stereocenters. The van der Waals surface area contributed by atoms with E-state index in [1.54, 1.807) is 4.68 Å². The second-order valence-electron chi connectivity index (χ2n) is 7.52. The van der Waals surface area contributed by atoms with Crippen LogP contribution >= 0.6 is 23.2 Å². The highest BCUT2D eigenvalue weighted by Crippen LogP contribution is 2.32. The first kappa shape index (κ1) is 22.7. The number of carbonyl (C=O) groups excluding carboxylic acids is 1. The average molecular weight is 494 g/mol. The van der Waals surface area contributed by atoms with Gasteiger partial charge in [-0.05, 0) is 43.0 Å². The molecule has 32 heavy (non-hydrogen) atoms. The maximum atomic E-state index is 12.9. The quantitative estimate of drug-likeness (QED) is 0.559. The van der Waals surface area contributed by atoms with Crippen LogP contribution in [0.25, 0.3) is 0 Å². The van der Waals surface area contributed by atoms with Gasteiger partial charge >= 0.3 is 0 Å². The molecular weight excluding hydrogens is 473 g/mol. The second kappa shape index (κ2) is 9.19. The Kier molecular flexibility index (Phi) is 6.52. The zero-order chi connectivity index (χ0) is 22.9. The summed E-state index contributed by atoms with van der Waals surface area (Å²) < 4.78 is 28.8. The number of hydrogen-bond acceptors (Lipinski definition) is 5. The van der Waals surface area contributed by atoms with Gasteiger partial charge in [-0.1, -0.05) is 47.5 Å². The first-order valence-corrected chi connectivity index (χ1v) is 12.2. The SMILES string of the molecule is Cc1ccccc1Cn1cnc(NC(=O)c2cc(S(=O)(=O)N3CCCC3)c(Cl)cc2Cl)n1. The average Bonchev–Trinajstić information content (AvgIpc) is 3.42. The van der Waals surface area contributed by atoms with Crippen LogP contribution in [0.2, 0.25) is 10.0 Å². The lowest BCUT2D eigenvalue weighted by atomic mass is 10.1. The number of anilines is 1. The highest BCUT2D eigenvalue weighted by Gasteiger charge is 2.30. The van der Waals surface area contributed by atoms with Crippen molar-refractivity contribution in [2.45, 2.75) is 31.2 Å². The molecule has 3 aromatic rings. The van der Waals surface area contributed by atoms with Gasteiger partial charge in [0.25, 0.3) is 5.91 Å². The molecule has 0 aliphatic carbocycles. The third-order valence-corrected chi connectivity index (χ3v) is 7.98. The molecule has 0 unspecified atom stereocenters. The van der Waals surface area contributed by atoms with E-state index >= 15 is 0 Å². The molecule has 1 amide bonds. The minimum atomic E-state index is -3.82. The van der Waals surface area contributed by atoms with Crippen molar-refractivity contribution in [2.24, 2.45) is 0 Å². The number of benzene rings is 2. The van der Waals surface area contributed by atoms with Crippen LogP contribution in [0.15, 0.2) is 47.6 Å². The number of nitrogens with one attached hydrogen (secondary N) is 1. The third kappa shape index (κ3) is 4.66. The molecule has 8 nitrogen and oxygen atoms in total. The fraction of sp³-hybridized carbons (Fsp3) is 0.286. The van der Waals surface area contributed by atoms with Crippen molar-refractivity contribution in [3.8, 4) is 0 Å². The summed E-state index contributed by atoms with van der Waals surface area (Å²) in [6, 6.07) is 10.4. The number of nitrogens with zero attached hydrogens (tertiary/aromatic N) is 4. The van der Waals surface area contributed by atoms with Crippen LogP contribution in [-0.2, 0) is 16.6 Å². The first-order chi connectivity index (χ1) is 15.3. The number of sulfonamides is 1. The Morgan fingerprint density at radius 2 is 1.84 bits per heavy atom. The summed E-state index contributed by atoms with van der Waals surface area (Å²) in [4.78, 5) is 16.8. The van der Waals surface area contributed by atoms with Crippen molar-refractivity contribution in [1.29, 1.82) is 0 Å². The van der Waals surface area contributed by atoms with Gasteiger partial charge in [-0.25, -0.2) is 18.1 Å². The fourth-order valence-corrected chi connectivity index (χ4v) is 5.88. The standard InChI is InChI=1S/C21H21Cl2N5O3S/c1-14-6-2-3-7-15(14)12-27-13-24-21(26-27)25-20(29)16-10-19(18(23)11-17(16)22)32(30,31)28-8-4-5-9-28/h2-3,6-7,10-11,13H,4-5,8-9,12H2,1H3,(H,25,26,29). The van der Waals surface area contributed by atoms with Gasteiger partial charge in [0.2, 0.25) is 16.0 Å². The summed E-state index contributed by atoms with van der Waals surface area (Å²) in [5, 5.41) is 6.85. The maximum absolute atomic E-state index is 12.9. The molecule has 0 spiro atoms. The smallest absolute Gasteiger partial charge is 0.259 e. The molecule has 11 heteroatoms. The largest absolute Gasteiger partial charge is 0.289 e. The van der Waals surface area contributed by atoms with Crippen molar-refractivity contribution in [1.82, 2.24) is 19.1 Å². The van der Waals surface area contributed by atoms with Crippen LogP contribution in [0, 0.1) is 6.92 Å². The Balaban J connectivity index is 1.55. The molecule has 0 radical (unpaired) electrons. The zero-order valence-corrected chi connectivity index (χ0v) is 19.6. The number of halogens is 2. The number of amides is 1. The first-order valence-electron chi connectivity index (χ1n) is 10.0. The summed E-state index contributed by atoms with van der Waals surface area (Å²) in [5.74, 6) is -0.545. The van der Waals surface area contributed by atoms with Gasteiger partial charge in [-0.3, -0.25) is 10.1 Å². The van der Waals surface area contributed by atoms with Crippen molar-refractivity contribution in [2.75, 3.05) is 18.4 Å². The van der Waals surface area contributed by atoms with Crippen LogP contribution < -0.4 is 5.32 Å². The van der Waals surface area contributed by atoms with Gasteiger partial charge in [0.1, 0.15) is 11.2 Å². The van der Waals surface area contributed by atoms with Crippen molar-refractivity contribution in [3.63, 3.8) is 0 Å². The predicted molar refractivity (Wildman–Crippen MR) is 123 cm³/mol. The van der Waals surface area contributed by atoms with Crippen LogP contribution in [0.1, 0.15) is 34.3 Å². The lowest BCUT2D eigenvalue weighted by Crippen LogP contribution is -2.28. The molecule has 2 heterocycles. The van der Waals surface area contributed by atoms with Gasteiger partial charge in [0.15, 0.2) is 0 Å². The van der Waals surface area contributed by atoms with Gasteiger partial charge in [0.05, 0.1) is 22.2 Å². The van der Waals surface area contributed by atoms with Gasteiger partial charge in [-0.15, -0.1) is 5.10 Å². The van der Waals surface area contributed by atoms with Crippen LogP contribution in [-0.4, -0.2) is 46.5 Å². The molecule has 168 valence electrons. The van der Waals surface area contributed by atoms with Crippen molar-refractivity contribution < 1.29 is 13.2 Å². The summed E-state index contributed by atoms with van der Waals surface area (Å²) in [5.41, 5.74) is 2.17. The number of rotatable bonds is 6. The zero-order valence-electron chi connectivity index (χ0n) is 17.3. The van der Waals surface area contributed by atoms with Gasteiger partial charge in [0, 0.05) is 13.1 Å². The number of aromatic nitrogens is 3. The van der Waals surface area contributed by atoms with E-state index in [1.165, 1.54) is 22.8 Å². The van der Waals surface area contributed by atoms with E-state index in [-0.39, 0.29) is 26.5 Å². The fourth-order valence-electron chi connectivity index (χ4n) is 3.53. The van der Waals surface area contributed by atoms with E-state index in [1.807, 2.05) is 31.2 Å². The Morgan fingerprint density at radius 1 is 1.12 bits per heavy atom. The minimum absolute atomic E-state index is 0.0240. The third-order valence-electron chi connectivity index (χ3n) is 5.30. The normalized spacial score (nSPS) is 14.6. The lowest BCUT2D eigenvalue weighted by Gasteiger charge is -2.17. The summed E-state index contributed by atoms with van der Waals surface area (Å²) in [7, 11) is -3.82. The van der Waals surface area contributed by atoms with Gasteiger partial charge < -0.3 is 0 Å². The molecule has 1 aliphatic heterocycles. The molecule has 1 aliphatic rings. The molecule has 2 aromatic carbocycles. The Labute approximate surface area is 196 Å². The second-order valence-corrected chi connectivity index (χ2v) is 10.2. The van der Waals surface area contributed by atoms with E-state index in [4.69, 9.17) is 23.2 Å². The highest BCUT2D eigenvalue weighted by molar-refractivity contribution is 7.89. The van der Waals surface area contributed by atoms with E-state index in [2.05, 4.69) is 15.4 Å². The summed E-state index contributed by atoms with van der Waals surface area (Å²) in [6.07, 6.45) is 3.08. The lowest BCUT2D eigenvalue weighted by molar-refractivity contribution is 0.102. The number of carbonyl (C=O) groups is 1. The topological polar surface area (TPSA) is 97.2 Å². The van der Waals surface area contributed by atoms with Crippen LogP contribution in [0.5, 0.6) is 0 Å². The van der Waals surface area contributed by atoms with E-state index in [0.717, 1.165) is 24.0 Å². The Bertz CT molecular complexity index is 1270. The summed E-state index contributed by atoms with van der Waals surface area (Å²) in [6.45, 7) is 3.34. The Hall–Kier alpha value is -2.46.